The van der Waals surface area contributed by atoms with E-state index in [1.165, 1.54) is 12.1 Å². The summed E-state index contributed by atoms with van der Waals surface area (Å²) in [4.78, 5) is 18.8. The number of amides is 1. The Morgan fingerprint density at radius 1 is 1.31 bits per heavy atom. The van der Waals surface area contributed by atoms with Crippen molar-refractivity contribution >= 4 is 5.91 Å². The second-order valence-corrected chi connectivity index (χ2v) is 7.12. The van der Waals surface area contributed by atoms with Crippen LogP contribution in [0.15, 0.2) is 28.8 Å². The average Bonchev–Trinajstić information content (AvgIpc) is 3.28. The molecule has 0 N–H and O–H groups in total. The molecule has 0 radical (unpaired) electrons. The topological polar surface area (TPSA) is 68.5 Å². The van der Waals surface area contributed by atoms with Gasteiger partial charge in [0.05, 0.1) is 5.92 Å². The van der Waals surface area contributed by atoms with E-state index in [9.17, 15) is 9.18 Å². The Morgan fingerprint density at radius 3 is 2.73 bits per heavy atom. The van der Waals surface area contributed by atoms with E-state index in [1.54, 1.807) is 12.1 Å². The van der Waals surface area contributed by atoms with Gasteiger partial charge in [-0.05, 0) is 37.1 Å². The van der Waals surface area contributed by atoms with Crippen molar-refractivity contribution in [2.45, 2.75) is 32.1 Å². The fraction of sp³-hybridized carbons (Fsp3) is 0.526. The van der Waals surface area contributed by atoms with Crippen LogP contribution in [0, 0.1) is 11.2 Å². The fourth-order valence-corrected chi connectivity index (χ4v) is 4.10. The number of likely N-dealkylation sites (tertiary alicyclic amines) is 1. The number of nitrogens with zero attached hydrogens (tertiary/aromatic N) is 3. The summed E-state index contributed by atoms with van der Waals surface area (Å²) in [5.41, 5.74) is 0.636. The predicted octanol–water partition coefficient (Wildman–Crippen LogP) is 3.01. The summed E-state index contributed by atoms with van der Waals surface area (Å²) in [6.45, 7) is 4.55. The van der Waals surface area contributed by atoms with Gasteiger partial charge in [0.1, 0.15) is 5.82 Å². The van der Waals surface area contributed by atoms with Gasteiger partial charge in [-0.25, -0.2) is 4.39 Å². The van der Waals surface area contributed by atoms with Gasteiger partial charge >= 0.3 is 0 Å². The molecule has 2 aliphatic heterocycles. The maximum atomic E-state index is 13.1. The third-order valence-corrected chi connectivity index (χ3v) is 5.63. The van der Waals surface area contributed by atoms with Crippen LogP contribution in [-0.4, -0.2) is 47.3 Å². The Kier molecular flexibility index (Phi) is 4.48. The molecule has 0 saturated carbocycles. The van der Waals surface area contributed by atoms with Crippen LogP contribution in [0.5, 0.6) is 0 Å². The van der Waals surface area contributed by atoms with Crippen LogP contribution in [0.25, 0.3) is 11.4 Å². The highest BCUT2D eigenvalue weighted by Crippen LogP contribution is 2.49. The summed E-state index contributed by atoms with van der Waals surface area (Å²) in [6, 6.07) is 6.02. The van der Waals surface area contributed by atoms with Crippen LogP contribution in [0.2, 0.25) is 0 Å². The van der Waals surface area contributed by atoms with Gasteiger partial charge in [0.2, 0.25) is 17.6 Å². The molecular weight excluding hydrogens is 337 g/mol. The summed E-state index contributed by atoms with van der Waals surface area (Å²) >= 11 is 0. The lowest BCUT2D eigenvalue weighted by Gasteiger charge is -2.36. The van der Waals surface area contributed by atoms with Crippen molar-refractivity contribution in [3.8, 4) is 11.4 Å². The monoisotopic (exact) mass is 359 g/mol. The van der Waals surface area contributed by atoms with Crippen LogP contribution in [0.1, 0.15) is 38.0 Å². The van der Waals surface area contributed by atoms with Crippen molar-refractivity contribution in [1.29, 1.82) is 0 Å². The number of benzene rings is 1. The molecule has 1 spiro atoms. The molecule has 1 aromatic carbocycles. The third-order valence-electron chi connectivity index (χ3n) is 5.63. The summed E-state index contributed by atoms with van der Waals surface area (Å²) in [5.74, 6) is 0.850. The van der Waals surface area contributed by atoms with E-state index in [2.05, 4.69) is 10.1 Å². The highest BCUT2D eigenvalue weighted by atomic mass is 19.1. The zero-order valence-electron chi connectivity index (χ0n) is 14.8. The Balaban J connectivity index is 1.64. The molecule has 0 aliphatic carbocycles. The highest BCUT2D eigenvalue weighted by molar-refractivity contribution is 5.76. The van der Waals surface area contributed by atoms with E-state index < -0.39 is 0 Å². The molecule has 2 fully saturated rings. The lowest BCUT2D eigenvalue weighted by atomic mass is 9.72. The zero-order valence-corrected chi connectivity index (χ0v) is 14.8. The van der Waals surface area contributed by atoms with E-state index in [0.29, 0.717) is 50.0 Å². The molecule has 6 nitrogen and oxygen atoms in total. The number of rotatable bonds is 3. The number of halogens is 1. The van der Waals surface area contributed by atoms with Crippen molar-refractivity contribution in [2.24, 2.45) is 5.41 Å². The zero-order chi connectivity index (χ0) is 18.1. The van der Waals surface area contributed by atoms with Gasteiger partial charge in [-0.1, -0.05) is 12.1 Å². The van der Waals surface area contributed by atoms with Gasteiger partial charge < -0.3 is 14.2 Å². The molecule has 3 heterocycles. The smallest absolute Gasteiger partial charge is 0.232 e. The third kappa shape index (κ3) is 3.00. The molecule has 1 amide bonds. The first kappa shape index (κ1) is 17.1. The van der Waals surface area contributed by atoms with Crippen LogP contribution in [0.3, 0.4) is 0 Å². The minimum atomic E-state index is -0.303. The number of carbonyl (C=O) groups is 1. The molecule has 1 aromatic heterocycles. The predicted molar refractivity (Wildman–Crippen MR) is 91.8 cm³/mol. The SMILES string of the molecule is CCC(=O)N1C[C@H](c2nc(-c3ccc(F)cc3)no2)C2(CCOCC2)C1. The molecule has 26 heavy (non-hydrogen) atoms. The molecule has 1 atom stereocenters. The van der Waals surface area contributed by atoms with Gasteiger partial charge in [0.15, 0.2) is 0 Å². The van der Waals surface area contributed by atoms with E-state index in [0.717, 1.165) is 12.8 Å². The molecule has 0 unspecified atom stereocenters. The Bertz CT molecular complexity index is 784. The first-order valence-electron chi connectivity index (χ1n) is 9.06. The molecule has 2 saturated heterocycles. The number of aromatic nitrogens is 2. The summed E-state index contributed by atoms with van der Waals surface area (Å²) in [5, 5.41) is 4.09. The standard InChI is InChI=1S/C19H22FN3O3/c1-2-16(24)23-11-15(19(12-23)7-9-25-10-8-19)18-21-17(22-26-18)13-3-5-14(20)6-4-13/h3-6,15H,2,7-12H2,1H3/t15-/m1/s1. The minimum absolute atomic E-state index is 0.00333. The molecule has 138 valence electrons. The second kappa shape index (κ2) is 6.79. The van der Waals surface area contributed by atoms with E-state index in [-0.39, 0.29) is 23.1 Å². The van der Waals surface area contributed by atoms with Crippen molar-refractivity contribution in [3.63, 3.8) is 0 Å². The second-order valence-electron chi connectivity index (χ2n) is 7.12. The molecular formula is C19H22FN3O3. The van der Waals surface area contributed by atoms with Gasteiger partial charge in [0.25, 0.3) is 0 Å². The largest absolute Gasteiger partial charge is 0.381 e. The van der Waals surface area contributed by atoms with Crippen molar-refractivity contribution in [1.82, 2.24) is 15.0 Å². The molecule has 4 rings (SSSR count). The molecule has 0 bridgehead atoms. The quantitative estimate of drug-likeness (QED) is 0.843. The van der Waals surface area contributed by atoms with Crippen LogP contribution in [0.4, 0.5) is 4.39 Å². The maximum absolute atomic E-state index is 13.1. The maximum Gasteiger partial charge on any atom is 0.232 e. The minimum Gasteiger partial charge on any atom is -0.381 e. The van der Waals surface area contributed by atoms with Gasteiger partial charge in [-0.3, -0.25) is 4.79 Å². The summed E-state index contributed by atoms with van der Waals surface area (Å²) < 4.78 is 24.3. The van der Waals surface area contributed by atoms with E-state index in [4.69, 9.17) is 9.26 Å². The van der Waals surface area contributed by atoms with Crippen molar-refractivity contribution in [3.05, 3.63) is 36.0 Å². The molecule has 2 aliphatic rings. The fourth-order valence-electron chi connectivity index (χ4n) is 4.10. The van der Waals surface area contributed by atoms with E-state index in [1.807, 2.05) is 11.8 Å². The number of hydrogen-bond donors (Lipinski definition) is 0. The Hall–Kier alpha value is -2.28. The summed E-state index contributed by atoms with van der Waals surface area (Å²) in [7, 11) is 0. The molecule has 7 heteroatoms. The number of ether oxygens (including phenoxy) is 1. The first-order chi connectivity index (χ1) is 12.6. The Morgan fingerprint density at radius 2 is 2.04 bits per heavy atom. The van der Waals surface area contributed by atoms with Crippen LogP contribution in [-0.2, 0) is 9.53 Å². The van der Waals surface area contributed by atoms with Gasteiger partial charge in [-0.2, -0.15) is 4.98 Å². The normalized spacial score (nSPS) is 22.1. The van der Waals surface area contributed by atoms with Gasteiger partial charge in [-0.15, -0.1) is 0 Å². The average molecular weight is 359 g/mol. The van der Waals surface area contributed by atoms with Crippen molar-refractivity contribution in [2.75, 3.05) is 26.3 Å². The van der Waals surface area contributed by atoms with Crippen molar-refractivity contribution < 1.29 is 18.4 Å². The molecule has 2 aromatic rings. The van der Waals surface area contributed by atoms with E-state index >= 15 is 0 Å². The summed E-state index contributed by atoms with van der Waals surface area (Å²) in [6.07, 6.45) is 2.24. The van der Waals surface area contributed by atoms with Gasteiger partial charge in [0, 0.05) is 43.7 Å². The van der Waals surface area contributed by atoms with Crippen LogP contribution >= 0.6 is 0 Å². The number of carbonyl (C=O) groups excluding carboxylic acids is 1. The van der Waals surface area contributed by atoms with Crippen LogP contribution < -0.4 is 0 Å². The lowest BCUT2D eigenvalue weighted by Crippen LogP contribution is -2.37. The Labute approximate surface area is 151 Å². The number of hydrogen-bond acceptors (Lipinski definition) is 5. The highest BCUT2D eigenvalue weighted by Gasteiger charge is 2.51. The lowest BCUT2D eigenvalue weighted by molar-refractivity contribution is -0.130. The first-order valence-corrected chi connectivity index (χ1v) is 9.06.